The number of nitrogens with one attached hydrogen (secondary N) is 2. The van der Waals surface area contributed by atoms with Crippen molar-refractivity contribution in [3.8, 4) is 0 Å². The third-order valence-electron chi connectivity index (χ3n) is 4.99. The summed E-state index contributed by atoms with van der Waals surface area (Å²) in [5, 5.41) is 6.00. The summed E-state index contributed by atoms with van der Waals surface area (Å²) in [6.07, 6.45) is 0.699. The van der Waals surface area contributed by atoms with Gasteiger partial charge in [-0.3, -0.25) is 25.2 Å². The van der Waals surface area contributed by atoms with Gasteiger partial charge in [0, 0.05) is 29.9 Å². The lowest BCUT2D eigenvalue weighted by molar-refractivity contribution is 0.0839. The van der Waals surface area contributed by atoms with E-state index >= 15 is 0 Å². The van der Waals surface area contributed by atoms with Crippen LogP contribution in [0, 0.1) is 0 Å². The van der Waals surface area contributed by atoms with Gasteiger partial charge in [-0.05, 0) is 24.6 Å². The van der Waals surface area contributed by atoms with Crippen molar-refractivity contribution in [2.45, 2.75) is 19.9 Å². The third kappa shape index (κ3) is 3.32. The zero-order valence-corrected chi connectivity index (χ0v) is 16.7. The van der Waals surface area contributed by atoms with Gasteiger partial charge >= 0.3 is 0 Å². The molecule has 4 rings (SSSR count). The normalized spacial score (nSPS) is 11.0. The summed E-state index contributed by atoms with van der Waals surface area (Å²) in [7, 11) is 1.79. The van der Waals surface area contributed by atoms with Crippen molar-refractivity contribution in [1.29, 1.82) is 0 Å². The number of carbonyl (C=O) groups is 2. The summed E-state index contributed by atoms with van der Waals surface area (Å²) in [6, 6.07) is 16.2. The molecule has 0 bridgehead atoms. The van der Waals surface area contributed by atoms with Gasteiger partial charge in [0.05, 0.1) is 5.39 Å². The second-order valence-electron chi connectivity index (χ2n) is 6.98. The van der Waals surface area contributed by atoms with Crippen molar-refractivity contribution >= 4 is 33.5 Å². The Kier molecular flexibility index (Phi) is 5.05. The minimum absolute atomic E-state index is 0.0796. The Morgan fingerprint density at radius 2 is 1.63 bits per heavy atom. The molecule has 0 aliphatic heterocycles. The Labute approximate surface area is 172 Å². The van der Waals surface area contributed by atoms with Crippen molar-refractivity contribution in [2.24, 2.45) is 7.05 Å². The maximum Gasteiger partial charge on any atom is 0.290 e. The standard InChI is InChI=1S/C22H21N5O3/c1-3-12-27-22(30)16-10-6-5-9-15(16)19(25-27)21(29)24-23-20(28)18-13-14-8-4-7-11-17(14)26(18)2/h4-11,13H,3,12H2,1-2H3,(H,23,28)(H,24,29). The number of benzene rings is 2. The van der Waals surface area contributed by atoms with Crippen LogP contribution in [0.15, 0.2) is 59.4 Å². The van der Waals surface area contributed by atoms with Gasteiger partial charge in [0.1, 0.15) is 5.69 Å². The molecule has 2 N–H and O–H groups in total. The number of nitrogens with zero attached hydrogens (tertiary/aromatic N) is 3. The van der Waals surface area contributed by atoms with Gasteiger partial charge in [-0.15, -0.1) is 0 Å². The van der Waals surface area contributed by atoms with Crippen LogP contribution in [-0.4, -0.2) is 26.2 Å². The van der Waals surface area contributed by atoms with Crippen molar-refractivity contribution in [2.75, 3.05) is 0 Å². The molecule has 0 fully saturated rings. The van der Waals surface area contributed by atoms with E-state index in [2.05, 4.69) is 16.0 Å². The average Bonchev–Trinajstić information content (AvgIpc) is 3.11. The molecule has 4 aromatic rings. The topological polar surface area (TPSA) is 98.0 Å². The highest BCUT2D eigenvalue weighted by Gasteiger charge is 2.18. The Hall–Kier alpha value is -3.94. The number of hydrogen-bond acceptors (Lipinski definition) is 4. The van der Waals surface area contributed by atoms with Crippen LogP contribution in [0.3, 0.4) is 0 Å². The summed E-state index contributed by atoms with van der Waals surface area (Å²) in [5.41, 5.74) is 6.01. The van der Waals surface area contributed by atoms with E-state index in [9.17, 15) is 14.4 Å². The predicted molar refractivity (Wildman–Crippen MR) is 114 cm³/mol. The minimum atomic E-state index is -0.594. The molecule has 2 aromatic carbocycles. The van der Waals surface area contributed by atoms with E-state index in [0.29, 0.717) is 29.4 Å². The molecule has 0 saturated heterocycles. The van der Waals surface area contributed by atoms with Gasteiger partial charge in [-0.1, -0.05) is 43.3 Å². The highest BCUT2D eigenvalue weighted by molar-refractivity contribution is 6.06. The van der Waals surface area contributed by atoms with Crippen LogP contribution >= 0.6 is 0 Å². The number of fused-ring (bicyclic) bond motifs is 2. The second kappa shape index (κ2) is 7.82. The molecule has 0 unspecified atom stereocenters. The zero-order valence-electron chi connectivity index (χ0n) is 16.7. The summed E-state index contributed by atoms with van der Waals surface area (Å²) < 4.78 is 3.04. The quantitative estimate of drug-likeness (QED) is 0.511. The molecule has 2 aromatic heterocycles. The number of aromatic nitrogens is 3. The number of para-hydroxylation sites is 1. The van der Waals surface area contributed by atoms with Gasteiger partial charge in [-0.2, -0.15) is 5.10 Å². The van der Waals surface area contributed by atoms with Crippen LogP contribution in [0.1, 0.15) is 34.3 Å². The fraction of sp³-hybridized carbons (Fsp3) is 0.182. The van der Waals surface area contributed by atoms with Crippen LogP contribution in [0.2, 0.25) is 0 Å². The molecule has 0 saturated carbocycles. The first-order chi connectivity index (χ1) is 14.5. The molecular formula is C22H21N5O3. The first-order valence-corrected chi connectivity index (χ1v) is 9.66. The molecule has 8 heteroatoms. The van der Waals surface area contributed by atoms with Crippen molar-refractivity contribution < 1.29 is 9.59 Å². The largest absolute Gasteiger partial charge is 0.340 e. The Morgan fingerprint density at radius 1 is 0.967 bits per heavy atom. The summed E-state index contributed by atoms with van der Waals surface area (Å²) in [5.74, 6) is -1.04. The van der Waals surface area contributed by atoms with Gasteiger partial charge in [0.2, 0.25) is 0 Å². The maximum absolute atomic E-state index is 12.8. The fourth-order valence-corrected chi connectivity index (χ4v) is 3.51. The van der Waals surface area contributed by atoms with E-state index in [1.165, 1.54) is 4.68 Å². The first-order valence-electron chi connectivity index (χ1n) is 9.66. The van der Waals surface area contributed by atoms with Crippen LogP contribution in [0.4, 0.5) is 0 Å². The molecule has 2 amide bonds. The minimum Gasteiger partial charge on any atom is -0.340 e. The van der Waals surface area contributed by atoms with E-state index in [0.717, 1.165) is 10.9 Å². The number of hydrogen-bond donors (Lipinski definition) is 2. The predicted octanol–water partition coefficient (Wildman–Crippen LogP) is 2.37. The molecule has 0 aliphatic carbocycles. The van der Waals surface area contributed by atoms with Crippen LogP contribution in [-0.2, 0) is 13.6 Å². The summed E-state index contributed by atoms with van der Waals surface area (Å²) in [4.78, 5) is 38.0. The molecular weight excluding hydrogens is 382 g/mol. The third-order valence-corrected chi connectivity index (χ3v) is 4.99. The maximum atomic E-state index is 12.8. The molecule has 0 radical (unpaired) electrons. The average molecular weight is 403 g/mol. The number of hydrazine groups is 1. The van der Waals surface area contributed by atoms with Crippen molar-refractivity contribution in [1.82, 2.24) is 25.2 Å². The van der Waals surface area contributed by atoms with Gasteiger partial charge < -0.3 is 4.57 Å². The monoisotopic (exact) mass is 403 g/mol. The first kappa shape index (κ1) is 19.4. The Bertz CT molecular complexity index is 1340. The highest BCUT2D eigenvalue weighted by Crippen LogP contribution is 2.18. The highest BCUT2D eigenvalue weighted by atomic mass is 16.2. The van der Waals surface area contributed by atoms with Crippen LogP contribution in [0.25, 0.3) is 21.7 Å². The molecule has 0 atom stereocenters. The number of amides is 2. The van der Waals surface area contributed by atoms with E-state index in [1.807, 2.05) is 31.2 Å². The SMILES string of the molecule is CCCn1nc(C(=O)NNC(=O)c2cc3ccccc3n2C)c2ccccc2c1=O. The number of aryl methyl sites for hydroxylation is 2. The van der Waals surface area contributed by atoms with Gasteiger partial charge in [0.15, 0.2) is 5.69 Å². The number of rotatable bonds is 4. The lowest BCUT2D eigenvalue weighted by atomic mass is 10.1. The van der Waals surface area contributed by atoms with Gasteiger partial charge in [-0.25, -0.2) is 4.68 Å². The van der Waals surface area contributed by atoms with E-state index in [-0.39, 0.29) is 11.3 Å². The fourth-order valence-electron chi connectivity index (χ4n) is 3.51. The number of carbonyl (C=O) groups excluding carboxylic acids is 2. The Morgan fingerprint density at radius 3 is 2.37 bits per heavy atom. The molecule has 2 heterocycles. The summed E-state index contributed by atoms with van der Waals surface area (Å²) >= 11 is 0. The van der Waals surface area contributed by atoms with E-state index in [4.69, 9.17) is 0 Å². The van der Waals surface area contributed by atoms with Crippen molar-refractivity contribution in [3.05, 3.63) is 76.3 Å². The molecule has 8 nitrogen and oxygen atoms in total. The molecule has 0 aliphatic rings. The lowest BCUT2D eigenvalue weighted by Crippen LogP contribution is -2.43. The zero-order chi connectivity index (χ0) is 21.3. The molecule has 152 valence electrons. The van der Waals surface area contributed by atoms with E-state index in [1.54, 1.807) is 41.9 Å². The van der Waals surface area contributed by atoms with Crippen molar-refractivity contribution in [3.63, 3.8) is 0 Å². The molecule has 0 spiro atoms. The second-order valence-corrected chi connectivity index (χ2v) is 6.98. The lowest BCUT2D eigenvalue weighted by Gasteiger charge is -2.11. The Balaban J connectivity index is 1.61. The van der Waals surface area contributed by atoms with Crippen LogP contribution in [0.5, 0.6) is 0 Å². The van der Waals surface area contributed by atoms with Crippen LogP contribution < -0.4 is 16.4 Å². The van der Waals surface area contributed by atoms with Gasteiger partial charge in [0.25, 0.3) is 17.4 Å². The smallest absolute Gasteiger partial charge is 0.290 e. The molecule has 30 heavy (non-hydrogen) atoms. The van der Waals surface area contributed by atoms with E-state index < -0.39 is 11.8 Å². The summed E-state index contributed by atoms with van der Waals surface area (Å²) in [6.45, 7) is 2.32.